The number of rotatable bonds is 6. The van der Waals surface area contributed by atoms with Gasteiger partial charge in [-0.25, -0.2) is 0 Å². The molecule has 30 heavy (non-hydrogen) atoms. The van der Waals surface area contributed by atoms with Crippen molar-refractivity contribution in [1.82, 2.24) is 10.6 Å². The fourth-order valence-electron chi connectivity index (χ4n) is 3.71. The van der Waals surface area contributed by atoms with E-state index in [1.807, 2.05) is 26.8 Å². The van der Waals surface area contributed by atoms with Crippen LogP contribution in [-0.2, 0) is 30.6 Å². The van der Waals surface area contributed by atoms with Crippen LogP contribution in [0.25, 0.3) is 0 Å². The summed E-state index contributed by atoms with van der Waals surface area (Å²) in [5.41, 5.74) is 5.95. The number of halogens is 1. The van der Waals surface area contributed by atoms with Gasteiger partial charge in [0.05, 0.1) is 10.7 Å². The largest absolute Gasteiger partial charge is 0.380 e. The van der Waals surface area contributed by atoms with E-state index in [-0.39, 0.29) is 11.3 Å². The maximum absolute atomic E-state index is 12.0. The quantitative estimate of drug-likeness (QED) is 0.624. The number of amides is 1. The van der Waals surface area contributed by atoms with Crippen molar-refractivity contribution in [2.45, 2.75) is 53.0 Å². The highest BCUT2D eigenvalue weighted by molar-refractivity contribution is 6.33. The van der Waals surface area contributed by atoms with Gasteiger partial charge in [-0.15, -0.1) is 0 Å². The summed E-state index contributed by atoms with van der Waals surface area (Å²) in [6.07, 6.45) is 4.05. The molecule has 0 bridgehead atoms. The highest BCUT2D eigenvalue weighted by atomic mass is 35.5. The zero-order valence-electron chi connectivity index (χ0n) is 18.4. The summed E-state index contributed by atoms with van der Waals surface area (Å²) in [5, 5.41) is 10.9. The van der Waals surface area contributed by atoms with Crippen LogP contribution in [0.3, 0.4) is 0 Å². The van der Waals surface area contributed by atoms with E-state index in [1.165, 1.54) is 22.3 Å². The minimum atomic E-state index is -0.345. The molecule has 0 aliphatic carbocycles. The number of anilines is 1. The average Bonchev–Trinajstić information content (AvgIpc) is 2.68. The van der Waals surface area contributed by atoms with Crippen molar-refractivity contribution >= 4 is 23.2 Å². The van der Waals surface area contributed by atoms with Crippen molar-refractivity contribution < 1.29 is 4.79 Å². The molecule has 0 saturated heterocycles. The Hall–Kier alpha value is -2.04. The lowest BCUT2D eigenvalue weighted by Gasteiger charge is -2.20. The van der Waals surface area contributed by atoms with Crippen LogP contribution in [-0.4, -0.2) is 25.5 Å². The second-order valence-electron chi connectivity index (χ2n) is 9.09. The molecular formula is C25H34ClN3O. The highest BCUT2D eigenvalue weighted by Crippen LogP contribution is 2.31. The van der Waals surface area contributed by atoms with E-state index >= 15 is 0 Å². The van der Waals surface area contributed by atoms with E-state index < -0.39 is 0 Å². The first-order valence-corrected chi connectivity index (χ1v) is 11.3. The Balaban J connectivity index is 1.58. The smallest absolute Gasteiger partial charge is 0.225 e. The van der Waals surface area contributed by atoms with Gasteiger partial charge < -0.3 is 16.0 Å². The number of hydrogen-bond acceptors (Lipinski definition) is 3. The molecule has 5 heteroatoms. The highest BCUT2D eigenvalue weighted by Gasteiger charge is 2.20. The lowest BCUT2D eigenvalue weighted by Crippen LogP contribution is -2.35. The number of carbonyl (C=O) groups excluding carboxylic acids is 1. The lowest BCUT2D eigenvalue weighted by atomic mass is 9.95. The molecule has 0 saturated carbocycles. The Labute approximate surface area is 185 Å². The molecule has 1 amide bonds. The van der Waals surface area contributed by atoms with Crippen LogP contribution < -0.4 is 16.0 Å². The van der Waals surface area contributed by atoms with E-state index in [0.717, 1.165) is 56.0 Å². The molecule has 0 spiro atoms. The fraction of sp³-hybridized carbons (Fsp3) is 0.480. The Morgan fingerprint density at radius 1 is 1.03 bits per heavy atom. The van der Waals surface area contributed by atoms with Crippen molar-refractivity contribution in [2.24, 2.45) is 5.41 Å². The van der Waals surface area contributed by atoms with Crippen molar-refractivity contribution in [1.29, 1.82) is 0 Å². The van der Waals surface area contributed by atoms with Crippen LogP contribution in [0, 0.1) is 5.41 Å². The molecule has 0 radical (unpaired) electrons. The Morgan fingerprint density at radius 2 is 1.77 bits per heavy atom. The van der Waals surface area contributed by atoms with Crippen LogP contribution >= 0.6 is 11.6 Å². The SMILES string of the molecule is CC(C)(C)C(=O)NCCc1ccc(CNc2c(Cl)ccc3c2CCCNCC3)cc1. The first-order chi connectivity index (χ1) is 14.3. The summed E-state index contributed by atoms with van der Waals surface area (Å²) >= 11 is 6.55. The normalized spacial score (nSPS) is 14.4. The Kier molecular flexibility index (Phi) is 7.79. The zero-order chi connectivity index (χ0) is 21.6. The van der Waals surface area contributed by atoms with E-state index in [1.54, 1.807) is 0 Å². The van der Waals surface area contributed by atoms with Crippen LogP contribution in [0.5, 0.6) is 0 Å². The van der Waals surface area contributed by atoms with E-state index in [0.29, 0.717) is 6.54 Å². The summed E-state index contributed by atoms with van der Waals surface area (Å²) in [4.78, 5) is 12.0. The second kappa shape index (κ2) is 10.3. The Bertz CT molecular complexity index is 856. The number of benzene rings is 2. The molecule has 0 aromatic heterocycles. The molecule has 1 heterocycles. The second-order valence-corrected chi connectivity index (χ2v) is 9.50. The van der Waals surface area contributed by atoms with Crippen molar-refractivity contribution in [3.05, 3.63) is 63.7 Å². The van der Waals surface area contributed by atoms with Gasteiger partial charge in [0.15, 0.2) is 0 Å². The van der Waals surface area contributed by atoms with Gasteiger partial charge in [-0.1, -0.05) is 62.7 Å². The molecule has 2 aromatic rings. The van der Waals surface area contributed by atoms with Crippen LogP contribution in [0.2, 0.25) is 5.02 Å². The summed E-state index contributed by atoms with van der Waals surface area (Å²) in [6, 6.07) is 12.8. The molecule has 162 valence electrons. The average molecular weight is 428 g/mol. The molecule has 3 rings (SSSR count). The number of fused-ring (bicyclic) bond motifs is 1. The van der Waals surface area contributed by atoms with Gasteiger partial charge in [0.2, 0.25) is 5.91 Å². The molecule has 2 aromatic carbocycles. The summed E-state index contributed by atoms with van der Waals surface area (Å²) < 4.78 is 0. The predicted molar refractivity (Wildman–Crippen MR) is 126 cm³/mol. The maximum Gasteiger partial charge on any atom is 0.225 e. The third-order valence-corrected chi connectivity index (χ3v) is 5.90. The number of nitrogens with one attached hydrogen (secondary N) is 3. The summed E-state index contributed by atoms with van der Waals surface area (Å²) in [7, 11) is 0. The molecule has 4 nitrogen and oxygen atoms in total. The molecule has 0 atom stereocenters. The minimum absolute atomic E-state index is 0.0914. The van der Waals surface area contributed by atoms with Crippen molar-refractivity contribution in [3.63, 3.8) is 0 Å². The van der Waals surface area contributed by atoms with Crippen molar-refractivity contribution in [3.8, 4) is 0 Å². The van der Waals surface area contributed by atoms with Gasteiger partial charge in [0, 0.05) is 18.5 Å². The number of hydrogen-bond donors (Lipinski definition) is 3. The topological polar surface area (TPSA) is 53.2 Å². The molecule has 3 N–H and O–H groups in total. The van der Waals surface area contributed by atoms with Gasteiger partial charge in [0.1, 0.15) is 0 Å². The number of carbonyl (C=O) groups is 1. The van der Waals surface area contributed by atoms with Crippen LogP contribution in [0.1, 0.15) is 49.4 Å². The van der Waals surface area contributed by atoms with Gasteiger partial charge in [-0.3, -0.25) is 4.79 Å². The van der Waals surface area contributed by atoms with Gasteiger partial charge in [0.25, 0.3) is 0 Å². The summed E-state index contributed by atoms with van der Waals surface area (Å²) in [5.74, 6) is 0.0914. The van der Waals surface area contributed by atoms with E-state index in [4.69, 9.17) is 11.6 Å². The Morgan fingerprint density at radius 3 is 2.50 bits per heavy atom. The zero-order valence-corrected chi connectivity index (χ0v) is 19.2. The lowest BCUT2D eigenvalue weighted by molar-refractivity contribution is -0.128. The van der Waals surface area contributed by atoms with Gasteiger partial charge >= 0.3 is 0 Å². The molecule has 1 aliphatic rings. The molecule has 0 unspecified atom stereocenters. The third-order valence-electron chi connectivity index (χ3n) is 5.58. The minimum Gasteiger partial charge on any atom is -0.380 e. The van der Waals surface area contributed by atoms with E-state index in [2.05, 4.69) is 46.3 Å². The maximum atomic E-state index is 12.0. The molecule has 0 fully saturated rings. The monoisotopic (exact) mass is 427 g/mol. The van der Waals surface area contributed by atoms with Crippen molar-refractivity contribution in [2.75, 3.05) is 25.0 Å². The van der Waals surface area contributed by atoms with Crippen LogP contribution in [0.4, 0.5) is 5.69 Å². The predicted octanol–water partition coefficient (Wildman–Crippen LogP) is 4.74. The standard InChI is InChI=1S/C25H34ClN3O/c1-25(2,3)24(30)28-16-12-18-6-8-19(9-7-18)17-29-23-21-5-4-14-27-15-13-20(21)10-11-22(23)26/h6-11,27,29H,4-5,12-17H2,1-3H3,(H,28,30). The van der Waals surface area contributed by atoms with E-state index in [9.17, 15) is 4.79 Å². The van der Waals surface area contributed by atoms with Crippen LogP contribution in [0.15, 0.2) is 36.4 Å². The fourth-order valence-corrected chi connectivity index (χ4v) is 3.96. The first kappa shape index (κ1) is 22.6. The molecule has 1 aliphatic heterocycles. The van der Waals surface area contributed by atoms with Gasteiger partial charge in [-0.2, -0.15) is 0 Å². The first-order valence-electron chi connectivity index (χ1n) is 11.0. The van der Waals surface area contributed by atoms with Gasteiger partial charge in [-0.05, 0) is 67.1 Å². The third kappa shape index (κ3) is 6.23. The molecular weight excluding hydrogens is 394 g/mol. The summed E-state index contributed by atoms with van der Waals surface area (Å²) in [6.45, 7) is 9.28.